The van der Waals surface area contributed by atoms with Crippen molar-refractivity contribution in [2.75, 3.05) is 6.54 Å². The van der Waals surface area contributed by atoms with E-state index in [0.717, 1.165) is 5.56 Å². The molecule has 2 amide bonds. The minimum atomic E-state index is -2.24. The van der Waals surface area contributed by atoms with Crippen LogP contribution in [0.2, 0.25) is 18.1 Å². The quantitative estimate of drug-likeness (QED) is 0.295. The van der Waals surface area contributed by atoms with Gasteiger partial charge in [0.25, 0.3) is 0 Å². The maximum absolute atomic E-state index is 13.5. The molecule has 0 aromatic heterocycles. The van der Waals surface area contributed by atoms with Gasteiger partial charge in [-0.1, -0.05) is 32.9 Å². The second-order valence-corrected chi connectivity index (χ2v) is 19.0. The second-order valence-electron chi connectivity index (χ2n) is 14.3. The molecule has 10 heteroatoms. The number of hydrogen-bond donors (Lipinski definition) is 3. The zero-order valence-corrected chi connectivity index (χ0v) is 27.1. The number of amides is 2. The normalized spacial score (nSPS) is 19.3. The van der Waals surface area contributed by atoms with Crippen LogP contribution in [0, 0.1) is 11.8 Å². The van der Waals surface area contributed by atoms with Gasteiger partial charge in [0.15, 0.2) is 8.32 Å². The van der Waals surface area contributed by atoms with Crippen LogP contribution in [-0.4, -0.2) is 61.3 Å². The first-order valence-corrected chi connectivity index (χ1v) is 16.9. The lowest BCUT2D eigenvalue weighted by Gasteiger charge is -2.39. The van der Waals surface area contributed by atoms with Gasteiger partial charge in [-0.15, -0.1) is 0 Å². The Bertz CT molecular complexity index is 1040. The Morgan fingerprint density at radius 1 is 0.975 bits per heavy atom. The molecule has 4 atom stereocenters. The predicted molar refractivity (Wildman–Crippen MR) is 158 cm³/mol. The van der Waals surface area contributed by atoms with Gasteiger partial charge in [0.2, 0.25) is 5.91 Å². The van der Waals surface area contributed by atoms with Crippen molar-refractivity contribution >= 4 is 26.3 Å². The van der Waals surface area contributed by atoms with E-state index in [-0.39, 0.29) is 29.5 Å². The molecular formula is C30H50N2O7Si. The zero-order valence-electron chi connectivity index (χ0n) is 26.1. The Labute approximate surface area is 240 Å². The smallest absolute Gasteiger partial charge is 0.408 e. The van der Waals surface area contributed by atoms with Crippen LogP contribution in [0.3, 0.4) is 0 Å². The number of nitrogens with one attached hydrogen (secondary N) is 2. The maximum Gasteiger partial charge on any atom is 0.408 e. The number of carbonyl (C=O) groups is 3. The van der Waals surface area contributed by atoms with Crippen LogP contribution in [0.4, 0.5) is 4.79 Å². The minimum absolute atomic E-state index is 0.0768. The molecular weight excluding hydrogens is 528 g/mol. The number of ether oxygens (including phenoxy) is 2. The molecule has 226 valence electrons. The van der Waals surface area contributed by atoms with E-state index in [0.29, 0.717) is 12.2 Å². The summed E-state index contributed by atoms with van der Waals surface area (Å²) in [6, 6.07) is 6.50. The highest BCUT2D eigenvalue weighted by molar-refractivity contribution is 6.74. The molecule has 1 aromatic rings. The molecule has 0 bridgehead atoms. The molecule has 9 nitrogen and oxygen atoms in total. The summed E-state index contributed by atoms with van der Waals surface area (Å²) in [6.45, 7) is 21.9. The van der Waals surface area contributed by atoms with E-state index >= 15 is 0 Å². The average molecular weight is 579 g/mol. The van der Waals surface area contributed by atoms with Gasteiger partial charge in [-0.3, -0.25) is 9.59 Å². The summed E-state index contributed by atoms with van der Waals surface area (Å²) in [5.74, 6) is -1.17. The molecule has 0 spiro atoms. The molecule has 1 aliphatic rings. The summed E-state index contributed by atoms with van der Waals surface area (Å²) < 4.78 is 17.9. The number of benzene rings is 1. The monoisotopic (exact) mass is 578 g/mol. The van der Waals surface area contributed by atoms with Gasteiger partial charge in [-0.2, -0.15) is 0 Å². The standard InChI is InChI=1S/C30H50N2O7Si/c1-28(2,3)37-20-14-12-19(13-15-20)16-23(32-27(36)38-29(4,5)6)25(33)31-18-24(21-17-22(21)26(34)35)39-40(10,11)30(7,8)9/h12-15,21-24H,16-18H2,1-11H3,(H,31,33)(H,32,36)(H,34,35)/t21-,22+,23-,24-/m0/s1. The van der Waals surface area contributed by atoms with Crippen LogP contribution in [0.25, 0.3) is 0 Å². The number of carboxylic acids is 1. The largest absolute Gasteiger partial charge is 0.488 e. The second kappa shape index (κ2) is 12.5. The molecule has 0 unspecified atom stereocenters. The topological polar surface area (TPSA) is 123 Å². The fourth-order valence-corrected chi connectivity index (χ4v) is 5.38. The van der Waals surface area contributed by atoms with Crippen molar-refractivity contribution in [3.63, 3.8) is 0 Å². The van der Waals surface area contributed by atoms with Crippen LogP contribution in [0.1, 0.15) is 74.3 Å². The van der Waals surface area contributed by atoms with Crippen molar-refractivity contribution in [2.24, 2.45) is 11.8 Å². The van der Waals surface area contributed by atoms with E-state index in [2.05, 4.69) is 44.5 Å². The average Bonchev–Trinajstić information content (AvgIpc) is 3.55. The molecule has 1 aromatic carbocycles. The van der Waals surface area contributed by atoms with Crippen molar-refractivity contribution in [3.05, 3.63) is 29.8 Å². The van der Waals surface area contributed by atoms with Crippen molar-refractivity contribution in [3.8, 4) is 5.75 Å². The number of carbonyl (C=O) groups excluding carboxylic acids is 2. The number of aliphatic carboxylic acids is 1. The number of carboxylic acid groups (broad SMARTS) is 1. The summed E-state index contributed by atoms with van der Waals surface area (Å²) in [7, 11) is -2.24. The highest BCUT2D eigenvalue weighted by Crippen LogP contribution is 2.46. The fraction of sp³-hybridized carbons (Fsp3) is 0.700. The van der Waals surface area contributed by atoms with Crippen LogP contribution >= 0.6 is 0 Å². The molecule has 1 saturated carbocycles. The van der Waals surface area contributed by atoms with Gasteiger partial charge in [0.1, 0.15) is 23.0 Å². The van der Waals surface area contributed by atoms with Crippen LogP contribution in [0.15, 0.2) is 24.3 Å². The van der Waals surface area contributed by atoms with E-state index in [1.165, 1.54) is 0 Å². The van der Waals surface area contributed by atoms with Gasteiger partial charge in [-0.05, 0) is 89.7 Å². The van der Waals surface area contributed by atoms with Gasteiger partial charge in [-0.25, -0.2) is 4.79 Å². The van der Waals surface area contributed by atoms with Gasteiger partial charge in [0.05, 0.1) is 12.0 Å². The van der Waals surface area contributed by atoms with E-state index < -0.39 is 50.0 Å². The Kier molecular flexibility index (Phi) is 10.5. The van der Waals surface area contributed by atoms with Gasteiger partial charge >= 0.3 is 12.1 Å². The first kappa shape index (κ1) is 33.6. The summed E-state index contributed by atoms with van der Waals surface area (Å²) in [5, 5.41) is 15.1. The first-order chi connectivity index (χ1) is 18.1. The van der Waals surface area contributed by atoms with E-state index in [1.54, 1.807) is 20.8 Å². The van der Waals surface area contributed by atoms with Crippen molar-refractivity contribution in [2.45, 2.75) is 117 Å². The maximum atomic E-state index is 13.5. The van der Waals surface area contributed by atoms with Gasteiger partial charge in [0, 0.05) is 13.0 Å². The summed E-state index contributed by atoms with van der Waals surface area (Å²) >= 11 is 0. The Morgan fingerprint density at radius 2 is 1.55 bits per heavy atom. The third-order valence-corrected chi connectivity index (χ3v) is 11.7. The lowest BCUT2D eigenvalue weighted by molar-refractivity contribution is -0.139. The number of rotatable bonds is 11. The molecule has 0 saturated heterocycles. The van der Waals surface area contributed by atoms with Crippen molar-refractivity contribution < 1.29 is 33.4 Å². The van der Waals surface area contributed by atoms with E-state index in [1.807, 2.05) is 45.0 Å². The minimum Gasteiger partial charge on any atom is -0.488 e. The SMILES string of the molecule is CC(C)(C)OC(=O)N[C@@H](Cc1ccc(OC(C)(C)C)cc1)C(=O)NC[C@H](O[Si](C)(C)C(C)(C)C)[C@H]1C[C@H]1C(=O)O. The lowest BCUT2D eigenvalue weighted by Crippen LogP contribution is -2.52. The summed E-state index contributed by atoms with van der Waals surface area (Å²) in [6.07, 6.45) is -0.368. The third-order valence-electron chi connectivity index (χ3n) is 7.16. The van der Waals surface area contributed by atoms with E-state index in [9.17, 15) is 19.5 Å². The molecule has 0 radical (unpaired) electrons. The number of alkyl carbamates (subject to hydrolysis) is 1. The molecule has 1 aliphatic carbocycles. The van der Waals surface area contributed by atoms with Crippen LogP contribution in [0.5, 0.6) is 5.75 Å². The molecule has 0 heterocycles. The fourth-order valence-electron chi connectivity index (χ4n) is 4.01. The van der Waals surface area contributed by atoms with Crippen LogP contribution in [-0.2, 0) is 25.2 Å². The van der Waals surface area contributed by atoms with Crippen molar-refractivity contribution in [1.29, 1.82) is 0 Å². The molecule has 0 aliphatic heterocycles. The molecule has 3 N–H and O–H groups in total. The van der Waals surface area contributed by atoms with Crippen molar-refractivity contribution in [1.82, 2.24) is 10.6 Å². The Hall–Kier alpha value is -2.59. The highest BCUT2D eigenvalue weighted by atomic mass is 28.4. The number of hydrogen-bond acceptors (Lipinski definition) is 6. The zero-order chi connectivity index (χ0) is 30.7. The lowest BCUT2D eigenvalue weighted by atomic mass is 10.0. The molecule has 1 fully saturated rings. The molecule has 40 heavy (non-hydrogen) atoms. The summed E-state index contributed by atoms with van der Waals surface area (Å²) in [5.41, 5.74) is -0.233. The predicted octanol–water partition coefficient (Wildman–Crippen LogP) is 5.53. The molecule has 2 rings (SSSR count). The third kappa shape index (κ3) is 10.8. The Morgan fingerprint density at radius 3 is 2.00 bits per heavy atom. The highest BCUT2D eigenvalue weighted by Gasteiger charge is 2.51. The van der Waals surface area contributed by atoms with Gasteiger partial charge < -0.3 is 29.6 Å². The van der Waals surface area contributed by atoms with Crippen LogP contribution < -0.4 is 15.4 Å². The summed E-state index contributed by atoms with van der Waals surface area (Å²) in [4.78, 5) is 37.7. The van der Waals surface area contributed by atoms with E-state index in [4.69, 9.17) is 13.9 Å². The first-order valence-electron chi connectivity index (χ1n) is 14.0. The Balaban J connectivity index is 2.20.